The number of sulfone groups is 1. The number of ketones is 1. The number of Topliss-reactive ketones (excluding diaryl/α,β-unsaturated/α-hetero) is 1. The molecule has 0 radical (unpaired) electrons. The van der Waals surface area contributed by atoms with E-state index in [2.05, 4.69) is 4.98 Å². The van der Waals surface area contributed by atoms with Crippen molar-refractivity contribution in [1.82, 2.24) is 4.98 Å². The van der Waals surface area contributed by atoms with E-state index in [1.807, 2.05) is 11.8 Å². The molecule has 0 spiro atoms. The predicted octanol–water partition coefficient (Wildman–Crippen LogP) is 1.28. The number of anilines is 1. The van der Waals surface area contributed by atoms with Crippen LogP contribution in [0.2, 0.25) is 0 Å². The van der Waals surface area contributed by atoms with Crippen LogP contribution in [0.1, 0.15) is 28.7 Å². The third-order valence-corrected chi connectivity index (χ3v) is 5.97. The number of aromatic nitrogens is 1. The lowest BCUT2D eigenvalue weighted by Crippen LogP contribution is -2.26. The Balaban J connectivity index is 2.22. The van der Waals surface area contributed by atoms with Gasteiger partial charge in [0.05, 0.1) is 22.1 Å². The van der Waals surface area contributed by atoms with Crippen LogP contribution in [-0.2, 0) is 9.84 Å². The summed E-state index contributed by atoms with van der Waals surface area (Å²) in [7, 11) is -2.91. The van der Waals surface area contributed by atoms with Gasteiger partial charge in [-0.15, -0.1) is 0 Å². The molecular formula is C11H16N2O3S2. The molecule has 1 fully saturated rings. The largest absolute Gasteiger partial charge is 0.347 e. The van der Waals surface area contributed by atoms with Crippen molar-refractivity contribution in [3.8, 4) is 0 Å². The molecule has 1 aliphatic heterocycles. The van der Waals surface area contributed by atoms with Crippen molar-refractivity contribution in [1.29, 1.82) is 0 Å². The van der Waals surface area contributed by atoms with Crippen molar-refractivity contribution in [3.05, 3.63) is 10.6 Å². The van der Waals surface area contributed by atoms with Crippen LogP contribution in [0.25, 0.3) is 0 Å². The van der Waals surface area contributed by atoms with E-state index < -0.39 is 9.84 Å². The van der Waals surface area contributed by atoms with Crippen molar-refractivity contribution in [2.24, 2.45) is 0 Å². The van der Waals surface area contributed by atoms with E-state index in [4.69, 9.17) is 0 Å². The van der Waals surface area contributed by atoms with Gasteiger partial charge >= 0.3 is 0 Å². The fourth-order valence-electron chi connectivity index (χ4n) is 1.97. The normalized spacial score (nSPS) is 19.6. The molecule has 0 amide bonds. The first-order chi connectivity index (χ1) is 8.39. The van der Waals surface area contributed by atoms with E-state index >= 15 is 0 Å². The highest BCUT2D eigenvalue weighted by atomic mass is 32.2. The number of aryl methyl sites for hydroxylation is 1. The average molecular weight is 288 g/mol. The van der Waals surface area contributed by atoms with Crippen LogP contribution in [0.5, 0.6) is 0 Å². The number of rotatable bonds is 2. The lowest BCUT2D eigenvalue weighted by molar-refractivity contribution is 0.102. The zero-order chi connectivity index (χ0) is 13.3. The van der Waals surface area contributed by atoms with Crippen LogP contribution in [0.15, 0.2) is 0 Å². The first kappa shape index (κ1) is 13.5. The minimum atomic E-state index is -2.91. The van der Waals surface area contributed by atoms with Crippen LogP contribution in [-0.4, -0.2) is 43.8 Å². The number of hydrogen-bond acceptors (Lipinski definition) is 6. The standard InChI is InChI=1S/C11H16N2O3S2/c1-8-10(9(2)14)17-11(12-8)13-4-3-6-18(15,16)7-5-13/h3-7H2,1-2H3. The fraction of sp³-hybridized carbons (Fsp3) is 0.636. The molecular weight excluding hydrogens is 272 g/mol. The maximum Gasteiger partial charge on any atom is 0.186 e. The lowest BCUT2D eigenvalue weighted by Gasteiger charge is -2.17. The van der Waals surface area contributed by atoms with Crippen molar-refractivity contribution < 1.29 is 13.2 Å². The molecule has 100 valence electrons. The molecule has 1 saturated heterocycles. The summed E-state index contributed by atoms with van der Waals surface area (Å²) < 4.78 is 23.1. The first-order valence-electron chi connectivity index (χ1n) is 5.83. The molecule has 18 heavy (non-hydrogen) atoms. The Morgan fingerprint density at radius 2 is 2.06 bits per heavy atom. The van der Waals surface area contributed by atoms with E-state index in [0.29, 0.717) is 24.4 Å². The number of nitrogens with zero attached hydrogens (tertiary/aromatic N) is 2. The smallest absolute Gasteiger partial charge is 0.186 e. The van der Waals surface area contributed by atoms with Gasteiger partial charge in [-0.25, -0.2) is 13.4 Å². The molecule has 0 N–H and O–H groups in total. The van der Waals surface area contributed by atoms with Gasteiger partial charge in [-0.2, -0.15) is 0 Å². The Hall–Kier alpha value is -0.950. The number of hydrogen-bond donors (Lipinski definition) is 0. The van der Waals surface area contributed by atoms with Crippen LogP contribution in [0.4, 0.5) is 5.13 Å². The Bertz CT molecular complexity index is 563. The van der Waals surface area contributed by atoms with E-state index in [1.54, 1.807) is 0 Å². The van der Waals surface area contributed by atoms with Crippen LogP contribution < -0.4 is 4.90 Å². The Labute approximate surface area is 111 Å². The summed E-state index contributed by atoms with van der Waals surface area (Å²) in [5, 5.41) is 0.759. The molecule has 1 aliphatic rings. The molecule has 7 heteroatoms. The summed E-state index contributed by atoms with van der Waals surface area (Å²) in [4.78, 5) is 18.4. The van der Waals surface area contributed by atoms with E-state index in [-0.39, 0.29) is 17.3 Å². The van der Waals surface area contributed by atoms with Gasteiger partial charge in [-0.1, -0.05) is 11.3 Å². The van der Waals surface area contributed by atoms with Gasteiger partial charge in [0.2, 0.25) is 0 Å². The van der Waals surface area contributed by atoms with Crippen molar-refractivity contribution in [2.75, 3.05) is 29.5 Å². The number of carbonyl (C=O) groups is 1. The third-order valence-electron chi connectivity index (χ3n) is 2.93. The third kappa shape index (κ3) is 2.89. The zero-order valence-corrected chi connectivity index (χ0v) is 12.1. The lowest BCUT2D eigenvalue weighted by atomic mass is 10.3. The second-order valence-electron chi connectivity index (χ2n) is 4.46. The maximum absolute atomic E-state index is 11.5. The minimum Gasteiger partial charge on any atom is -0.347 e. The van der Waals surface area contributed by atoms with Gasteiger partial charge in [0, 0.05) is 20.0 Å². The van der Waals surface area contributed by atoms with Crippen LogP contribution >= 0.6 is 11.3 Å². The summed E-state index contributed by atoms with van der Waals surface area (Å²) in [6.07, 6.45) is 0.621. The molecule has 0 aromatic carbocycles. The zero-order valence-electron chi connectivity index (χ0n) is 10.5. The highest BCUT2D eigenvalue weighted by molar-refractivity contribution is 7.91. The molecule has 0 aliphatic carbocycles. The second-order valence-corrected chi connectivity index (χ2v) is 7.74. The number of thiazole rings is 1. The van der Waals surface area contributed by atoms with E-state index in [0.717, 1.165) is 10.8 Å². The van der Waals surface area contributed by atoms with Gasteiger partial charge in [-0.05, 0) is 13.3 Å². The highest BCUT2D eigenvalue weighted by Gasteiger charge is 2.22. The van der Waals surface area contributed by atoms with Crippen molar-refractivity contribution in [3.63, 3.8) is 0 Å². The van der Waals surface area contributed by atoms with Crippen molar-refractivity contribution in [2.45, 2.75) is 20.3 Å². The summed E-state index contributed by atoms with van der Waals surface area (Å²) in [6, 6.07) is 0. The quantitative estimate of drug-likeness (QED) is 0.767. The summed E-state index contributed by atoms with van der Waals surface area (Å²) in [5.41, 5.74) is 0.731. The molecule has 1 aromatic heterocycles. The second kappa shape index (κ2) is 4.97. The molecule has 0 unspecified atom stereocenters. The maximum atomic E-state index is 11.5. The minimum absolute atomic E-state index is 0.0127. The molecule has 5 nitrogen and oxygen atoms in total. The number of carbonyl (C=O) groups excluding carboxylic acids is 1. The topological polar surface area (TPSA) is 67.3 Å². The molecule has 1 aromatic rings. The fourth-order valence-corrected chi connectivity index (χ4v) is 4.26. The SMILES string of the molecule is CC(=O)c1sc(N2CCCS(=O)(=O)CC2)nc1C. The summed E-state index contributed by atoms with van der Waals surface area (Å²) in [6.45, 7) is 4.48. The predicted molar refractivity (Wildman–Crippen MR) is 72.3 cm³/mol. The van der Waals surface area contributed by atoms with Crippen LogP contribution in [0, 0.1) is 6.92 Å². The monoisotopic (exact) mass is 288 g/mol. The van der Waals surface area contributed by atoms with Crippen LogP contribution in [0.3, 0.4) is 0 Å². The Kier molecular flexibility index (Phi) is 3.72. The van der Waals surface area contributed by atoms with Crippen molar-refractivity contribution >= 4 is 32.1 Å². The first-order valence-corrected chi connectivity index (χ1v) is 8.46. The summed E-state index contributed by atoms with van der Waals surface area (Å²) >= 11 is 1.35. The van der Waals surface area contributed by atoms with Gasteiger partial charge in [0.1, 0.15) is 0 Å². The highest BCUT2D eigenvalue weighted by Crippen LogP contribution is 2.27. The molecule has 0 atom stereocenters. The van der Waals surface area contributed by atoms with Gasteiger partial charge in [-0.3, -0.25) is 4.79 Å². The summed E-state index contributed by atoms with van der Waals surface area (Å²) in [5.74, 6) is 0.424. The average Bonchev–Trinajstić information content (AvgIpc) is 2.55. The van der Waals surface area contributed by atoms with Gasteiger partial charge < -0.3 is 4.90 Å². The van der Waals surface area contributed by atoms with E-state index in [1.165, 1.54) is 18.3 Å². The molecule has 0 bridgehead atoms. The Morgan fingerprint density at radius 3 is 2.67 bits per heavy atom. The molecule has 2 rings (SSSR count). The van der Waals surface area contributed by atoms with Gasteiger partial charge in [0.25, 0.3) is 0 Å². The Morgan fingerprint density at radius 1 is 1.33 bits per heavy atom. The molecule has 0 saturated carbocycles. The van der Waals surface area contributed by atoms with E-state index in [9.17, 15) is 13.2 Å². The van der Waals surface area contributed by atoms with Gasteiger partial charge in [0.15, 0.2) is 20.8 Å². The molecule has 2 heterocycles.